The van der Waals surface area contributed by atoms with E-state index < -0.39 is 0 Å². The summed E-state index contributed by atoms with van der Waals surface area (Å²) < 4.78 is 7.54. The number of rotatable bonds is 3. The van der Waals surface area contributed by atoms with Crippen LogP contribution in [0.5, 0.6) is 0 Å². The van der Waals surface area contributed by atoms with Crippen LogP contribution in [0.4, 0.5) is 5.69 Å². The first-order valence-electron chi connectivity index (χ1n) is 6.15. The molecule has 2 heterocycles. The molecule has 7 heteroatoms. The SMILES string of the molecule is Cn1cnnc1-c1ccccc1NC(=O)c1ccc(Br)o1. The second kappa shape index (κ2) is 5.53. The number of aryl methyl sites for hydroxylation is 1. The topological polar surface area (TPSA) is 73.0 Å². The molecule has 0 atom stereocenters. The summed E-state index contributed by atoms with van der Waals surface area (Å²) in [6.45, 7) is 0. The number of hydrogen-bond donors (Lipinski definition) is 1. The van der Waals surface area contributed by atoms with Gasteiger partial charge in [0.05, 0.1) is 5.69 Å². The number of carbonyl (C=O) groups excluding carboxylic acids is 1. The van der Waals surface area contributed by atoms with Crippen molar-refractivity contribution in [2.45, 2.75) is 0 Å². The van der Waals surface area contributed by atoms with Gasteiger partial charge in [-0.25, -0.2) is 0 Å². The van der Waals surface area contributed by atoms with Crippen LogP contribution in [0.15, 0.2) is 51.8 Å². The van der Waals surface area contributed by atoms with Gasteiger partial charge in [-0.3, -0.25) is 4.79 Å². The quantitative estimate of drug-likeness (QED) is 0.790. The van der Waals surface area contributed by atoms with Gasteiger partial charge < -0.3 is 14.3 Å². The Balaban J connectivity index is 1.93. The minimum Gasteiger partial charge on any atom is -0.444 e. The molecule has 0 saturated carbocycles. The van der Waals surface area contributed by atoms with E-state index in [0.29, 0.717) is 16.2 Å². The lowest BCUT2D eigenvalue weighted by Crippen LogP contribution is -2.12. The van der Waals surface area contributed by atoms with E-state index in [4.69, 9.17) is 4.42 Å². The Bertz CT molecular complexity index is 794. The van der Waals surface area contributed by atoms with E-state index in [1.807, 2.05) is 25.2 Å². The Hall–Kier alpha value is -2.41. The average molecular weight is 347 g/mol. The van der Waals surface area contributed by atoms with Gasteiger partial charge in [0.1, 0.15) is 6.33 Å². The van der Waals surface area contributed by atoms with Crippen molar-refractivity contribution in [1.29, 1.82) is 0 Å². The number of aromatic nitrogens is 3. The molecule has 0 radical (unpaired) electrons. The Labute approximate surface area is 128 Å². The minimum absolute atomic E-state index is 0.231. The fraction of sp³-hybridized carbons (Fsp3) is 0.0714. The van der Waals surface area contributed by atoms with Crippen molar-refractivity contribution in [2.75, 3.05) is 5.32 Å². The Morgan fingerprint density at radius 2 is 2.10 bits per heavy atom. The highest BCUT2D eigenvalue weighted by atomic mass is 79.9. The second-order valence-corrected chi connectivity index (χ2v) is 5.15. The van der Waals surface area contributed by atoms with Gasteiger partial charge in [0, 0.05) is 12.6 Å². The molecule has 0 bridgehead atoms. The molecule has 0 spiro atoms. The van der Waals surface area contributed by atoms with Crippen molar-refractivity contribution in [1.82, 2.24) is 14.8 Å². The van der Waals surface area contributed by atoms with E-state index in [1.165, 1.54) is 0 Å². The van der Waals surface area contributed by atoms with Gasteiger partial charge in [-0.1, -0.05) is 12.1 Å². The van der Waals surface area contributed by atoms with Crippen LogP contribution < -0.4 is 5.32 Å². The molecular formula is C14H11BrN4O2. The van der Waals surface area contributed by atoms with Crippen LogP contribution in [0.25, 0.3) is 11.4 Å². The lowest BCUT2D eigenvalue weighted by atomic mass is 10.1. The highest BCUT2D eigenvalue weighted by molar-refractivity contribution is 9.10. The van der Waals surface area contributed by atoms with Gasteiger partial charge in [-0.2, -0.15) is 0 Å². The molecule has 0 aliphatic rings. The van der Waals surface area contributed by atoms with Crippen LogP contribution in [-0.2, 0) is 7.05 Å². The summed E-state index contributed by atoms with van der Waals surface area (Å²) in [5.41, 5.74) is 1.43. The molecule has 1 amide bonds. The number of benzene rings is 1. The van der Waals surface area contributed by atoms with Crippen molar-refractivity contribution in [3.63, 3.8) is 0 Å². The fourth-order valence-corrected chi connectivity index (χ4v) is 2.24. The summed E-state index contributed by atoms with van der Waals surface area (Å²) in [7, 11) is 1.84. The van der Waals surface area contributed by atoms with E-state index in [9.17, 15) is 4.79 Å². The number of para-hydroxylation sites is 1. The molecule has 21 heavy (non-hydrogen) atoms. The molecule has 0 aliphatic carbocycles. The number of nitrogens with one attached hydrogen (secondary N) is 1. The Kier molecular flexibility index (Phi) is 3.57. The van der Waals surface area contributed by atoms with Crippen molar-refractivity contribution >= 4 is 27.5 Å². The van der Waals surface area contributed by atoms with Crippen molar-refractivity contribution < 1.29 is 9.21 Å². The highest BCUT2D eigenvalue weighted by Gasteiger charge is 2.15. The number of nitrogens with zero attached hydrogens (tertiary/aromatic N) is 3. The maximum absolute atomic E-state index is 12.2. The van der Waals surface area contributed by atoms with Crippen molar-refractivity contribution in [2.24, 2.45) is 7.05 Å². The molecule has 0 aliphatic heterocycles. The van der Waals surface area contributed by atoms with Crippen LogP contribution >= 0.6 is 15.9 Å². The summed E-state index contributed by atoms with van der Waals surface area (Å²) in [4.78, 5) is 12.2. The van der Waals surface area contributed by atoms with Gasteiger partial charge in [-0.05, 0) is 40.2 Å². The predicted molar refractivity (Wildman–Crippen MR) is 80.8 cm³/mol. The summed E-state index contributed by atoms with van der Waals surface area (Å²) in [6, 6.07) is 10.7. The summed E-state index contributed by atoms with van der Waals surface area (Å²) >= 11 is 3.17. The molecular weight excluding hydrogens is 336 g/mol. The first-order chi connectivity index (χ1) is 10.1. The van der Waals surface area contributed by atoms with Crippen molar-refractivity contribution in [3.8, 4) is 11.4 Å². The second-order valence-electron chi connectivity index (χ2n) is 4.37. The lowest BCUT2D eigenvalue weighted by Gasteiger charge is -2.09. The van der Waals surface area contributed by atoms with E-state index in [1.54, 1.807) is 29.1 Å². The molecule has 0 unspecified atom stereocenters. The Morgan fingerprint density at radius 3 is 2.76 bits per heavy atom. The van der Waals surface area contributed by atoms with Crippen LogP contribution in [0.3, 0.4) is 0 Å². The first kappa shape index (κ1) is 13.6. The predicted octanol–water partition coefficient (Wildman–Crippen LogP) is 3.09. The van der Waals surface area contributed by atoms with Gasteiger partial charge >= 0.3 is 0 Å². The zero-order chi connectivity index (χ0) is 14.8. The van der Waals surface area contributed by atoms with Crippen LogP contribution in [-0.4, -0.2) is 20.7 Å². The van der Waals surface area contributed by atoms with E-state index in [-0.39, 0.29) is 11.7 Å². The van der Waals surface area contributed by atoms with Crippen molar-refractivity contribution in [3.05, 3.63) is 53.2 Å². The molecule has 6 nitrogen and oxygen atoms in total. The maximum Gasteiger partial charge on any atom is 0.291 e. The molecule has 0 fully saturated rings. The molecule has 106 valence electrons. The van der Waals surface area contributed by atoms with Gasteiger partial charge in [0.25, 0.3) is 5.91 Å². The number of furan rings is 1. The molecule has 3 rings (SSSR count). The Morgan fingerprint density at radius 1 is 1.29 bits per heavy atom. The third-order valence-corrected chi connectivity index (χ3v) is 3.35. The normalized spacial score (nSPS) is 10.6. The van der Waals surface area contributed by atoms with E-state index >= 15 is 0 Å². The zero-order valence-electron chi connectivity index (χ0n) is 11.1. The lowest BCUT2D eigenvalue weighted by molar-refractivity contribution is 0.0995. The number of amides is 1. The van der Waals surface area contributed by atoms with Crippen LogP contribution in [0, 0.1) is 0 Å². The van der Waals surface area contributed by atoms with E-state index in [2.05, 4.69) is 31.4 Å². The smallest absolute Gasteiger partial charge is 0.291 e. The molecule has 2 aromatic heterocycles. The van der Waals surface area contributed by atoms with Gasteiger partial charge in [-0.15, -0.1) is 10.2 Å². The fourth-order valence-electron chi connectivity index (χ4n) is 1.93. The molecule has 1 aromatic carbocycles. The summed E-state index contributed by atoms with van der Waals surface area (Å²) in [5, 5.41) is 10.7. The largest absolute Gasteiger partial charge is 0.444 e. The number of carbonyl (C=O) groups is 1. The number of halogens is 1. The number of hydrogen-bond acceptors (Lipinski definition) is 4. The first-order valence-corrected chi connectivity index (χ1v) is 6.94. The zero-order valence-corrected chi connectivity index (χ0v) is 12.7. The highest BCUT2D eigenvalue weighted by Crippen LogP contribution is 2.26. The monoisotopic (exact) mass is 346 g/mol. The summed E-state index contributed by atoms with van der Waals surface area (Å²) in [5.74, 6) is 0.580. The van der Waals surface area contributed by atoms with Crippen LogP contribution in [0.1, 0.15) is 10.6 Å². The standard InChI is InChI=1S/C14H11BrN4O2/c1-19-8-16-18-13(19)9-4-2-3-5-10(9)17-14(20)11-6-7-12(15)21-11/h2-8H,1H3,(H,17,20). The molecule has 3 aromatic rings. The van der Waals surface area contributed by atoms with Crippen LogP contribution in [0.2, 0.25) is 0 Å². The van der Waals surface area contributed by atoms with E-state index in [0.717, 1.165) is 5.56 Å². The minimum atomic E-state index is -0.324. The third kappa shape index (κ3) is 2.73. The third-order valence-electron chi connectivity index (χ3n) is 2.92. The summed E-state index contributed by atoms with van der Waals surface area (Å²) in [6.07, 6.45) is 1.61. The maximum atomic E-state index is 12.2. The van der Waals surface area contributed by atoms with Gasteiger partial charge in [0.2, 0.25) is 0 Å². The molecule has 0 saturated heterocycles. The van der Waals surface area contributed by atoms with Gasteiger partial charge in [0.15, 0.2) is 16.3 Å². The average Bonchev–Trinajstić information content (AvgIpc) is 3.08. The molecule has 1 N–H and O–H groups in total. The number of anilines is 1.